The Morgan fingerprint density at radius 3 is 2.96 bits per heavy atom. The molecule has 0 unspecified atom stereocenters. The van der Waals surface area contributed by atoms with Crippen molar-refractivity contribution in [3.05, 3.63) is 41.7 Å². The lowest BCUT2D eigenvalue weighted by Gasteiger charge is -2.38. The first-order chi connectivity index (χ1) is 11.7. The molecule has 2 aliphatic rings. The number of aryl methyl sites for hydroxylation is 1. The highest BCUT2D eigenvalue weighted by molar-refractivity contribution is 5.78. The highest BCUT2D eigenvalue weighted by Crippen LogP contribution is 2.32. The van der Waals surface area contributed by atoms with Gasteiger partial charge in [0.05, 0.1) is 18.8 Å². The van der Waals surface area contributed by atoms with E-state index >= 15 is 0 Å². The molecule has 1 aromatic heterocycles. The number of rotatable bonds is 5. The number of amides is 1. The van der Waals surface area contributed by atoms with Gasteiger partial charge in [-0.15, -0.1) is 0 Å². The van der Waals surface area contributed by atoms with E-state index in [-0.39, 0.29) is 12.7 Å². The summed E-state index contributed by atoms with van der Waals surface area (Å²) in [6, 6.07) is 6.09. The molecule has 1 N–H and O–H groups in total. The summed E-state index contributed by atoms with van der Waals surface area (Å²) < 4.78 is 12.6. The van der Waals surface area contributed by atoms with E-state index in [1.807, 2.05) is 42.2 Å². The van der Waals surface area contributed by atoms with E-state index in [1.54, 1.807) is 0 Å². The molecule has 1 amide bonds. The third-order valence-corrected chi connectivity index (χ3v) is 4.34. The topological polar surface area (TPSA) is 68.6 Å². The third-order valence-electron chi connectivity index (χ3n) is 4.34. The third kappa shape index (κ3) is 3.07. The molecule has 7 heteroatoms. The Balaban J connectivity index is 1.22. The van der Waals surface area contributed by atoms with Crippen molar-refractivity contribution in [2.24, 2.45) is 0 Å². The lowest BCUT2D eigenvalue weighted by molar-refractivity contribution is -0.123. The molecule has 1 fully saturated rings. The van der Waals surface area contributed by atoms with Crippen molar-refractivity contribution in [3.63, 3.8) is 0 Å². The van der Waals surface area contributed by atoms with Gasteiger partial charge in [-0.2, -0.15) is 5.10 Å². The van der Waals surface area contributed by atoms with Gasteiger partial charge in [0, 0.05) is 25.8 Å². The molecular formula is C17H20N4O3. The maximum absolute atomic E-state index is 12.1. The highest BCUT2D eigenvalue weighted by atomic mass is 16.7. The van der Waals surface area contributed by atoms with Gasteiger partial charge in [0.25, 0.3) is 0 Å². The lowest BCUT2D eigenvalue weighted by atomic mass is 10.1. The molecule has 0 radical (unpaired) electrons. The average Bonchev–Trinajstić information content (AvgIpc) is 3.16. The molecule has 7 nitrogen and oxygen atoms in total. The number of likely N-dealkylation sites (tertiary alicyclic amines) is 1. The highest BCUT2D eigenvalue weighted by Gasteiger charge is 2.29. The largest absolute Gasteiger partial charge is 0.454 e. The summed E-state index contributed by atoms with van der Waals surface area (Å²) in [5, 5.41) is 7.27. The molecule has 0 aliphatic carbocycles. The molecule has 0 atom stereocenters. The molecular weight excluding hydrogens is 308 g/mol. The minimum absolute atomic E-state index is 0.0303. The fourth-order valence-electron chi connectivity index (χ4n) is 2.98. The maximum Gasteiger partial charge on any atom is 0.234 e. The van der Waals surface area contributed by atoms with Crippen molar-refractivity contribution >= 4 is 5.91 Å². The van der Waals surface area contributed by atoms with E-state index in [2.05, 4.69) is 15.3 Å². The van der Waals surface area contributed by atoms with Crippen LogP contribution in [-0.2, 0) is 11.3 Å². The first kappa shape index (κ1) is 15.0. The summed E-state index contributed by atoms with van der Waals surface area (Å²) in [6.07, 6.45) is 3.91. The van der Waals surface area contributed by atoms with Crippen LogP contribution in [0.25, 0.3) is 0 Å². The first-order valence-electron chi connectivity index (χ1n) is 8.06. The zero-order valence-electron chi connectivity index (χ0n) is 13.6. The monoisotopic (exact) mass is 328 g/mol. The fraction of sp³-hybridized carbons (Fsp3) is 0.412. The number of aromatic nitrogens is 2. The minimum Gasteiger partial charge on any atom is -0.454 e. The number of carbonyl (C=O) groups is 1. The number of benzene rings is 1. The molecule has 0 bridgehead atoms. The van der Waals surface area contributed by atoms with Crippen LogP contribution in [0.1, 0.15) is 17.2 Å². The SMILES string of the molecule is Cc1cnn(C2CN(CC(=O)NCc3ccc4c(c3)OCO4)C2)c1. The molecule has 0 spiro atoms. The van der Waals surface area contributed by atoms with Crippen molar-refractivity contribution in [3.8, 4) is 11.5 Å². The van der Waals surface area contributed by atoms with Crippen LogP contribution in [0, 0.1) is 6.92 Å². The summed E-state index contributed by atoms with van der Waals surface area (Å²) in [5.74, 6) is 1.52. The molecule has 1 aromatic carbocycles. The number of ether oxygens (including phenoxy) is 2. The predicted molar refractivity (Wildman–Crippen MR) is 86.9 cm³/mol. The Kier molecular flexibility index (Phi) is 3.86. The van der Waals surface area contributed by atoms with Crippen LogP contribution in [0.4, 0.5) is 0 Å². The van der Waals surface area contributed by atoms with Crippen LogP contribution in [0.5, 0.6) is 11.5 Å². The van der Waals surface area contributed by atoms with Crippen molar-refractivity contribution < 1.29 is 14.3 Å². The summed E-state index contributed by atoms with van der Waals surface area (Å²) in [7, 11) is 0. The Bertz CT molecular complexity index is 752. The summed E-state index contributed by atoms with van der Waals surface area (Å²) in [4.78, 5) is 14.2. The molecule has 0 saturated carbocycles. The van der Waals surface area contributed by atoms with Gasteiger partial charge in [0.2, 0.25) is 12.7 Å². The second-order valence-electron chi connectivity index (χ2n) is 6.31. The van der Waals surface area contributed by atoms with Gasteiger partial charge >= 0.3 is 0 Å². The Labute approximate surface area is 140 Å². The van der Waals surface area contributed by atoms with E-state index in [0.29, 0.717) is 19.1 Å². The summed E-state index contributed by atoms with van der Waals surface area (Å²) in [6.45, 7) is 4.92. The molecule has 2 aromatic rings. The number of hydrogen-bond donors (Lipinski definition) is 1. The zero-order chi connectivity index (χ0) is 16.5. The second-order valence-corrected chi connectivity index (χ2v) is 6.31. The number of carbonyl (C=O) groups excluding carboxylic acids is 1. The van der Waals surface area contributed by atoms with Gasteiger partial charge in [0.15, 0.2) is 11.5 Å². The average molecular weight is 328 g/mol. The summed E-state index contributed by atoms with van der Waals surface area (Å²) in [5.41, 5.74) is 2.16. The normalized spacial score (nSPS) is 16.9. The van der Waals surface area contributed by atoms with Crippen LogP contribution in [-0.4, -0.2) is 47.0 Å². The summed E-state index contributed by atoms with van der Waals surface area (Å²) >= 11 is 0. The fourth-order valence-corrected chi connectivity index (χ4v) is 2.98. The van der Waals surface area contributed by atoms with E-state index < -0.39 is 0 Å². The Morgan fingerprint density at radius 2 is 2.17 bits per heavy atom. The van der Waals surface area contributed by atoms with Gasteiger partial charge < -0.3 is 14.8 Å². The van der Waals surface area contributed by atoms with Crippen molar-refractivity contribution in [2.75, 3.05) is 26.4 Å². The van der Waals surface area contributed by atoms with Crippen LogP contribution < -0.4 is 14.8 Å². The van der Waals surface area contributed by atoms with E-state index in [0.717, 1.165) is 35.7 Å². The number of hydrogen-bond acceptors (Lipinski definition) is 5. The molecule has 24 heavy (non-hydrogen) atoms. The van der Waals surface area contributed by atoms with Crippen molar-refractivity contribution in [1.82, 2.24) is 20.0 Å². The minimum atomic E-state index is 0.0303. The molecule has 126 valence electrons. The van der Waals surface area contributed by atoms with Crippen LogP contribution >= 0.6 is 0 Å². The van der Waals surface area contributed by atoms with E-state index in [9.17, 15) is 4.79 Å². The number of fused-ring (bicyclic) bond motifs is 1. The smallest absolute Gasteiger partial charge is 0.234 e. The lowest BCUT2D eigenvalue weighted by Crippen LogP contribution is -2.51. The van der Waals surface area contributed by atoms with Gasteiger partial charge in [-0.25, -0.2) is 0 Å². The maximum atomic E-state index is 12.1. The molecule has 3 heterocycles. The van der Waals surface area contributed by atoms with Crippen LogP contribution in [0.2, 0.25) is 0 Å². The number of nitrogens with one attached hydrogen (secondary N) is 1. The van der Waals surface area contributed by atoms with E-state index in [4.69, 9.17) is 9.47 Å². The Morgan fingerprint density at radius 1 is 1.33 bits per heavy atom. The first-order valence-corrected chi connectivity index (χ1v) is 8.06. The standard InChI is InChI=1S/C17H20N4O3/c1-12-5-19-21(7-12)14-8-20(9-14)10-17(22)18-6-13-2-3-15-16(4-13)24-11-23-15/h2-5,7,14H,6,8-11H2,1H3,(H,18,22). The van der Waals surface area contributed by atoms with E-state index in [1.165, 1.54) is 0 Å². The second kappa shape index (κ2) is 6.16. The number of nitrogens with zero attached hydrogens (tertiary/aromatic N) is 3. The van der Waals surface area contributed by atoms with Crippen LogP contribution in [0.3, 0.4) is 0 Å². The van der Waals surface area contributed by atoms with Crippen molar-refractivity contribution in [2.45, 2.75) is 19.5 Å². The van der Waals surface area contributed by atoms with Crippen LogP contribution in [0.15, 0.2) is 30.6 Å². The predicted octanol–water partition coefficient (Wildman–Crippen LogP) is 1.09. The van der Waals surface area contributed by atoms with Gasteiger partial charge in [-0.05, 0) is 30.2 Å². The van der Waals surface area contributed by atoms with Crippen molar-refractivity contribution in [1.29, 1.82) is 0 Å². The van der Waals surface area contributed by atoms with Gasteiger partial charge in [-0.3, -0.25) is 14.4 Å². The van der Waals surface area contributed by atoms with Gasteiger partial charge in [0.1, 0.15) is 0 Å². The molecule has 4 rings (SSSR count). The Hall–Kier alpha value is -2.54. The molecule has 1 saturated heterocycles. The zero-order valence-corrected chi connectivity index (χ0v) is 13.6. The molecule has 2 aliphatic heterocycles. The van der Waals surface area contributed by atoms with Gasteiger partial charge in [-0.1, -0.05) is 6.07 Å². The quantitative estimate of drug-likeness (QED) is 0.890.